The highest BCUT2D eigenvalue weighted by molar-refractivity contribution is 5.83. The molecule has 0 saturated carbocycles. The van der Waals surface area contributed by atoms with E-state index >= 15 is 0 Å². The third-order valence-corrected chi connectivity index (χ3v) is 2.96. The minimum absolute atomic E-state index is 0.207. The van der Waals surface area contributed by atoms with E-state index in [1.807, 2.05) is 6.92 Å². The number of rotatable bonds is 5. The lowest BCUT2D eigenvalue weighted by atomic mass is 9.93. The van der Waals surface area contributed by atoms with Gasteiger partial charge in [0.1, 0.15) is 30.5 Å². The Morgan fingerprint density at radius 2 is 2.00 bits per heavy atom. The summed E-state index contributed by atoms with van der Waals surface area (Å²) in [7, 11) is 0. The van der Waals surface area contributed by atoms with Crippen molar-refractivity contribution in [2.75, 3.05) is 6.61 Å². The van der Waals surface area contributed by atoms with Gasteiger partial charge in [0.05, 0.1) is 6.61 Å². The minimum Gasteiger partial charge on any atom is -0.388 e. The molecule has 100 valence electrons. The van der Waals surface area contributed by atoms with Crippen molar-refractivity contribution in [2.45, 2.75) is 56.7 Å². The first-order chi connectivity index (χ1) is 7.99. The number of aliphatic hydroxyl groups excluding tert-OH is 4. The van der Waals surface area contributed by atoms with Gasteiger partial charge in [0.25, 0.3) is 0 Å². The molecule has 6 heteroatoms. The van der Waals surface area contributed by atoms with Crippen molar-refractivity contribution >= 4 is 5.78 Å². The Morgan fingerprint density at radius 3 is 2.59 bits per heavy atom. The quantitative estimate of drug-likeness (QED) is 0.476. The van der Waals surface area contributed by atoms with Gasteiger partial charge in [-0.2, -0.15) is 0 Å². The molecule has 0 amide bonds. The summed E-state index contributed by atoms with van der Waals surface area (Å²) in [5.74, 6) is -0.417. The highest BCUT2D eigenvalue weighted by Gasteiger charge is 2.42. The zero-order valence-electron chi connectivity index (χ0n) is 9.82. The van der Waals surface area contributed by atoms with Gasteiger partial charge in [-0.05, 0) is 6.42 Å². The fourth-order valence-corrected chi connectivity index (χ4v) is 1.79. The third kappa shape index (κ3) is 3.46. The maximum absolute atomic E-state index is 11.5. The number of hydrogen-bond acceptors (Lipinski definition) is 6. The molecule has 17 heavy (non-hydrogen) atoms. The normalized spacial score (nSPS) is 35.6. The highest BCUT2D eigenvalue weighted by Crippen LogP contribution is 2.19. The van der Waals surface area contributed by atoms with Gasteiger partial charge in [0.2, 0.25) is 0 Å². The Bertz CT molecular complexity index is 256. The van der Waals surface area contributed by atoms with E-state index < -0.39 is 36.3 Å². The Morgan fingerprint density at radius 1 is 1.35 bits per heavy atom. The van der Waals surface area contributed by atoms with E-state index in [9.17, 15) is 25.2 Å². The Kier molecular flexibility index (Phi) is 5.48. The fraction of sp³-hybridized carbons (Fsp3) is 0.909. The molecule has 2 unspecified atom stereocenters. The molecule has 0 aromatic carbocycles. The standard InChI is InChI=1S/C11H20O6/c1-2-3-4-6(12)9(15)11-10(16)8(14)7(13)5-17-11/h7-11,13-16H,2-5H2,1H3/t7-,8+,9?,10-,11?/m1/s1. The Labute approximate surface area is 99.8 Å². The maximum atomic E-state index is 11.5. The Balaban J connectivity index is 2.56. The monoisotopic (exact) mass is 248 g/mol. The van der Waals surface area contributed by atoms with Crippen molar-refractivity contribution in [1.82, 2.24) is 0 Å². The summed E-state index contributed by atoms with van der Waals surface area (Å²) in [4.78, 5) is 11.5. The molecular weight excluding hydrogens is 228 g/mol. The molecule has 0 aliphatic carbocycles. The van der Waals surface area contributed by atoms with Gasteiger partial charge in [0.15, 0.2) is 5.78 Å². The lowest BCUT2D eigenvalue weighted by Crippen LogP contribution is -2.58. The van der Waals surface area contributed by atoms with Gasteiger partial charge in [-0.25, -0.2) is 0 Å². The van der Waals surface area contributed by atoms with Gasteiger partial charge >= 0.3 is 0 Å². The first kappa shape index (κ1) is 14.5. The van der Waals surface area contributed by atoms with E-state index in [2.05, 4.69) is 0 Å². The van der Waals surface area contributed by atoms with Crippen molar-refractivity contribution in [3.05, 3.63) is 0 Å². The molecule has 1 rings (SSSR count). The van der Waals surface area contributed by atoms with Crippen LogP contribution in [0, 0.1) is 0 Å². The van der Waals surface area contributed by atoms with E-state index in [0.717, 1.165) is 6.42 Å². The highest BCUT2D eigenvalue weighted by atomic mass is 16.5. The second-order valence-corrected chi connectivity index (χ2v) is 4.36. The molecule has 6 nitrogen and oxygen atoms in total. The molecule has 0 radical (unpaired) electrons. The van der Waals surface area contributed by atoms with E-state index in [1.54, 1.807) is 0 Å². The van der Waals surface area contributed by atoms with Crippen LogP contribution in [0.2, 0.25) is 0 Å². The van der Waals surface area contributed by atoms with Crippen LogP contribution in [0.15, 0.2) is 0 Å². The van der Waals surface area contributed by atoms with Gasteiger partial charge in [-0.3, -0.25) is 4.79 Å². The van der Waals surface area contributed by atoms with Crippen LogP contribution in [0.25, 0.3) is 0 Å². The third-order valence-electron chi connectivity index (χ3n) is 2.96. The number of carbonyl (C=O) groups is 1. The number of unbranched alkanes of at least 4 members (excludes halogenated alkanes) is 1. The number of hydrogen-bond donors (Lipinski definition) is 4. The lowest BCUT2D eigenvalue weighted by molar-refractivity contribution is -0.210. The SMILES string of the molecule is CCCCC(=O)C(O)C1OC[C@@H](O)[C@H](O)[C@H]1O. The van der Waals surface area contributed by atoms with Gasteiger partial charge in [-0.1, -0.05) is 13.3 Å². The summed E-state index contributed by atoms with van der Waals surface area (Å²) in [6.45, 7) is 1.72. The molecule has 4 N–H and O–H groups in total. The second-order valence-electron chi connectivity index (χ2n) is 4.36. The van der Waals surface area contributed by atoms with Crippen molar-refractivity contribution in [3.63, 3.8) is 0 Å². The average molecular weight is 248 g/mol. The van der Waals surface area contributed by atoms with Crippen molar-refractivity contribution in [2.24, 2.45) is 0 Å². The van der Waals surface area contributed by atoms with Crippen molar-refractivity contribution < 1.29 is 30.0 Å². The summed E-state index contributed by atoms with van der Waals surface area (Å²) in [5, 5.41) is 38.0. The maximum Gasteiger partial charge on any atom is 0.164 e. The van der Waals surface area contributed by atoms with Gasteiger partial charge in [-0.15, -0.1) is 0 Å². The van der Waals surface area contributed by atoms with Crippen LogP contribution < -0.4 is 0 Å². The van der Waals surface area contributed by atoms with Crippen molar-refractivity contribution in [3.8, 4) is 0 Å². The smallest absolute Gasteiger partial charge is 0.164 e. The van der Waals surface area contributed by atoms with E-state index in [1.165, 1.54) is 0 Å². The van der Waals surface area contributed by atoms with Gasteiger partial charge < -0.3 is 25.2 Å². The minimum atomic E-state index is -1.46. The molecule has 0 bridgehead atoms. The van der Waals surface area contributed by atoms with Crippen molar-refractivity contribution in [1.29, 1.82) is 0 Å². The first-order valence-corrected chi connectivity index (χ1v) is 5.85. The average Bonchev–Trinajstić information content (AvgIpc) is 2.32. The largest absolute Gasteiger partial charge is 0.388 e. The molecule has 0 aromatic heterocycles. The van der Waals surface area contributed by atoms with Crippen LogP contribution >= 0.6 is 0 Å². The number of carbonyl (C=O) groups excluding carboxylic acids is 1. The number of Topliss-reactive ketones (excluding diaryl/α,β-unsaturated/α-hetero) is 1. The summed E-state index contributed by atoms with van der Waals surface area (Å²) in [6, 6.07) is 0. The zero-order valence-corrected chi connectivity index (χ0v) is 9.82. The molecular formula is C11H20O6. The lowest BCUT2D eigenvalue weighted by Gasteiger charge is -2.37. The van der Waals surface area contributed by atoms with Crippen LogP contribution in [0.4, 0.5) is 0 Å². The molecule has 0 spiro atoms. The fourth-order valence-electron chi connectivity index (χ4n) is 1.79. The Hall–Kier alpha value is -0.530. The predicted octanol–water partition coefficient (Wildman–Crippen LogP) is -1.41. The van der Waals surface area contributed by atoms with Crippen LogP contribution in [0.5, 0.6) is 0 Å². The second kappa shape index (κ2) is 6.42. The molecule has 5 atom stereocenters. The molecule has 0 aromatic rings. The number of ketones is 1. The molecule has 1 heterocycles. The van der Waals surface area contributed by atoms with Crippen LogP contribution in [0.3, 0.4) is 0 Å². The summed E-state index contributed by atoms with van der Waals surface area (Å²) >= 11 is 0. The summed E-state index contributed by atoms with van der Waals surface area (Å²) in [5.41, 5.74) is 0. The van der Waals surface area contributed by atoms with E-state index in [0.29, 0.717) is 6.42 Å². The molecule has 1 aliphatic heterocycles. The van der Waals surface area contributed by atoms with Crippen LogP contribution in [-0.2, 0) is 9.53 Å². The number of aliphatic hydroxyl groups is 4. The van der Waals surface area contributed by atoms with E-state index in [-0.39, 0.29) is 13.0 Å². The summed E-state index contributed by atoms with van der Waals surface area (Å²) < 4.78 is 5.00. The topological polar surface area (TPSA) is 107 Å². The molecule has 1 saturated heterocycles. The first-order valence-electron chi connectivity index (χ1n) is 5.85. The van der Waals surface area contributed by atoms with Gasteiger partial charge in [0, 0.05) is 6.42 Å². The predicted molar refractivity (Wildman–Crippen MR) is 58.3 cm³/mol. The van der Waals surface area contributed by atoms with E-state index in [4.69, 9.17) is 4.74 Å². The van der Waals surface area contributed by atoms with Crippen LogP contribution in [-0.4, -0.2) is 63.3 Å². The number of ether oxygens (including phenoxy) is 1. The molecule has 1 fully saturated rings. The van der Waals surface area contributed by atoms with Crippen LogP contribution in [0.1, 0.15) is 26.2 Å². The molecule has 1 aliphatic rings. The summed E-state index contributed by atoms with van der Waals surface area (Å²) in [6.07, 6.45) is -4.99. The zero-order chi connectivity index (χ0) is 13.0.